The number of guanidine groups is 5. The molecule has 7 aliphatic carbocycles. The average Bonchev–Trinajstić information content (AvgIpc) is 3.57. The first kappa shape index (κ1) is 48.2. The van der Waals surface area contributed by atoms with Gasteiger partial charge in [0.15, 0.2) is 29.8 Å². The van der Waals surface area contributed by atoms with Gasteiger partial charge in [-0.1, -0.05) is 48.5 Å². The van der Waals surface area contributed by atoms with E-state index < -0.39 is 5.92 Å². The van der Waals surface area contributed by atoms with E-state index in [-0.39, 0.29) is 91.6 Å². The first-order valence-corrected chi connectivity index (χ1v) is 24.3. The lowest BCUT2D eigenvalue weighted by atomic mass is 9.56. The van der Waals surface area contributed by atoms with Crippen LogP contribution < -0.4 is 83.0 Å². The third-order valence-corrected chi connectivity index (χ3v) is 14.3. The minimum absolute atomic E-state index is 0.0995. The van der Waals surface area contributed by atoms with Crippen LogP contribution in [0.3, 0.4) is 0 Å². The van der Waals surface area contributed by atoms with Gasteiger partial charge in [0.1, 0.15) is 49.4 Å². The van der Waals surface area contributed by atoms with E-state index in [1.54, 1.807) is 6.08 Å². The van der Waals surface area contributed by atoms with Crippen LogP contribution in [0.15, 0.2) is 175 Å². The number of aliphatic imine (C=N–C) groups is 5. The highest BCUT2D eigenvalue weighted by atomic mass is 16.5. The van der Waals surface area contributed by atoms with Crippen molar-refractivity contribution in [2.45, 2.75) is 50.1 Å². The second kappa shape index (κ2) is 19.1. The van der Waals surface area contributed by atoms with Crippen molar-refractivity contribution in [1.29, 1.82) is 0 Å². The Morgan fingerprint density at radius 2 is 0.882 bits per heavy atom. The van der Waals surface area contributed by atoms with Gasteiger partial charge < -0.3 is 87.8 Å². The van der Waals surface area contributed by atoms with E-state index >= 15 is 0 Å². The van der Waals surface area contributed by atoms with Gasteiger partial charge in [0.05, 0.1) is 40.2 Å². The van der Waals surface area contributed by atoms with Crippen molar-refractivity contribution < 1.29 is 18.9 Å². The Labute approximate surface area is 436 Å². The van der Waals surface area contributed by atoms with Gasteiger partial charge in [0, 0.05) is 34.8 Å². The Morgan fingerprint density at radius 3 is 1.42 bits per heavy atom. The van der Waals surface area contributed by atoms with E-state index in [0.717, 1.165) is 61.2 Å². The van der Waals surface area contributed by atoms with E-state index in [9.17, 15) is 0 Å². The Balaban J connectivity index is 1.01. The van der Waals surface area contributed by atoms with Crippen molar-refractivity contribution in [2.24, 2.45) is 106 Å². The van der Waals surface area contributed by atoms with Gasteiger partial charge in [0.25, 0.3) is 0 Å². The highest BCUT2D eigenvalue weighted by Gasteiger charge is 2.51. The molecule has 76 heavy (non-hydrogen) atoms. The molecule has 6 atom stereocenters. The molecule has 386 valence electrons. The first-order chi connectivity index (χ1) is 36.6. The summed E-state index contributed by atoms with van der Waals surface area (Å²) in [6, 6.07) is 29.3. The van der Waals surface area contributed by atoms with Gasteiger partial charge in [-0.15, -0.1) is 0 Å². The Kier molecular flexibility index (Phi) is 12.1. The molecule has 0 saturated carbocycles. The SMILES string of the molecule is NC(N)=CC1=C(N=C(N)N)C2c3ccc4cc3C1c1ccc(cc12)OCc1ccc(c(N=C(N)N)c1)COc1ccc2c(c1)C1C(N=C(N)N)=C(N=C(N)N)C2C2C=C(C=CC12)OCc1ccc(c(N=C(N)N)c1)CO4. The maximum atomic E-state index is 6.53. The van der Waals surface area contributed by atoms with Crippen molar-refractivity contribution in [3.63, 3.8) is 0 Å². The van der Waals surface area contributed by atoms with Gasteiger partial charge in [-0.3, -0.25) is 0 Å². The van der Waals surface area contributed by atoms with Crippen LogP contribution in [0.25, 0.3) is 0 Å². The van der Waals surface area contributed by atoms with E-state index in [1.807, 2.05) is 97.1 Å². The first-order valence-electron chi connectivity index (χ1n) is 24.3. The zero-order chi connectivity index (χ0) is 53.1. The molecule has 5 aromatic carbocycles. The Hall–Kier alpha value is -10.1. The molecule has 0 fully saturated rings. The quantitative estimate of drug-likeness (QED) is 0.0857. The Bertz CT molecular complexity index is 3560. The molecule has 0 spiro atoms. The van der Waals surface area contributed by atoms with Gasteiger partial charge in [-0.25, -0.2) is 25.0 Å². The molecule has 21 heteroatoms. The summed E-state index contributed by atoms with van der Waals surface area (Å²) in [5, 5.41) is 0. The molecular formula is C55H57N17O4. The smallest absolute Gasteiger partial charge is 0.191 e. The molecule has 0 saturated heterocycles. The van der Waals surface area contributed by atoms with Crippen molar-refractivity contribution in [3.8, 4) is 17.2 Å². The highest BCUT2D eigenvalue weighted by Crippen LogP contribution is 2.62. The fraction of sp³-hybridized carbons (Fsp3) is 0.182. The topological polar surface area (TPSA) is 411 Å². The molecule has 0 amide bonds. The summed E-state index contributed by atoms with van der Waals surface area (Å²) in [7, 11) is 0. The van der Waals surface area contributed by atoms with Crippen LogP contribution in [0, 0.1) is 11.8 Å². The summed E-state index contributed by atoms with van der Waals surface area (Å²) >= 11 is 0. The molecule has 6 unspecified atom stereocenters. The third kappa shape index (κ3) is 8.98. The minimum atomic E-state index is -0.423. The lowest BCUT2D eigenvalue weighted by molar-refractivity contribution is 0.198. The molecule has 0 aromatic heterocycles. The number of nitrogens with zero attached hydrogens (tertiary/aromatic N) is 5. The largest absolute Gasteiger partial charge is 0.489 e. The summed E-state index contributed by atoms with van der Waals surface area (Å²) in [4.78, 5) is 23.0. The molecule has 20 bridgehead atoms. The Morgan fingerprint density at radius 1 is 0.421 bits per heavy atom. The van der Waals surface area contributed by atoms with Crippen molar-refractivity contribution in [1.82, 2.24) is 0 Å². The maximum absolute atomic E-state index is 6.53. The van der Waals surface area contributed by atoms with Crippen molar-refractivity contribution in [2.75, 3.05) is 0 Å². The predicted octanol–water partition coefficient (Wildman–Crippen LogP) is 3.28. The van der Waals surface area contributed by atoms with Crippen LogP contribution in [0.2, 0.25) is 0 Å². The summed E-state index contributed by atoms with van der Waals surface area (Å²) in [6.45, 7) is 0.634. The van der Waals surface area contributed by atoms with E-state index in [2.05, 4.69) is 37.1 Å². The normalized spacial score (nSPS) is 21.1. The second-order valence-corrected chi connectivity index (χ2v) is 19.3. The number of allylic oxidation sites excluding steroid dienone is 8. The second-order valence-electron chi connectivity index (χ2n) is 19.3. The molecule has 16 aliphatic heterocycles. The maximum Gasteiger partial charge on any atom is 0.191 e. The monoisotopic (exact) mass is 1020 g/mol. The average molecular weight is 1020 g/mol. The summed E-state index contributed by atoms with van der Waals surface area (Å²) in [6.07, 6.45) is 7.89. The van der Waals surface area contributed by atoms with E-state index in [4.69, 9.17) is 87.8 Å². The number of hydrogen-bond acceptors (Lipinski definition) is 11. The zero-order valence-electron chi connectivity index (χ0n) is 41.1. The summed E-state index contributed by atoms with van der Waals surface area (Å²) < 4.78 is 26.1. The fourth-order valence-electron chi connectivity index (χ4n) is 11.5. The number of ether oxygens (including phenoxy) is 4. The third-order valence-electron chi connectivity index (χ3n) is 14.3. The molecule has 24 N–H and O–H groups in total. The standard InChI is InChI=1S/C55H57N17O4/c56-43(57)19-40-44-32-9-5-28-16-37(32)45(48(40)70-53(62)63)33-10-7-30(15-36(33)44)75-22-26-3-1-25(14-41(26)68-51(58)59)21-74-29-6-11-34-38(17-29)46-35-12-8-31(18-39(35)47(34)50(72-55(66)67)49(46)71-54(64)65)76-23-27-4-2-24(20-73-28)13-42(27)69-52(60)61/h1-19,34,38,44-47H,20-23,56-57H2,(H4,58,59,68)(H4,60,61,69)(H4,62,63,70)(H4,64,65,71)(H4,66,67,72). The number of nitrogens with two attached hydrogens (primary N) is 12. The van der Waals surface area contributed by atoms with Gasteiger partial charge in [-0.05, 0) is 123 Å². The van der Waals surface area contributed by atoms with Crippen LogP contribution in [-0.2, 0) is 31.2 Å². The van der Waals surface area contributed by atoms with Crippen LogP contribution in [0.5, 0.6) is 17.2 Å². The molecule has 28 rings (SSSR count). The predicted molar refractivity (Wildman–Crippen MR) is 292 cm³/mol. The fourth-order valence-corrected chi connectivity index (χ4v) is 11.5. The van der Waals surface area contributed by atoms with Crippen LogP contribution in [0.1, 0.15) is 79.3 Å². The highest BCUT2D eigenvalue weighted by molar-refractivity contribution is 5.82. The molecule has 21 nitrogen and oxygen atoms in total. The molecule has 0 radical (unpaired) electrons. The van der Waals surface area contributed by atoms with Crippen molar-refractivity contribution in [3.05, 3.63) is 205 Å². The molecule has 5 aromatic rings. The van der Waals surface area contributed by atoms with Crippen LogP contribution in [0.4, 0.5) is 11.4 Å². The van der Waals surface area contributed by atoms with Crippen LogP contribution in [-0.4, -0.2) is 29.8 Å². The molecular weight excluding hydrogens is 963 g/mol. The van der Waals surface area contributed by atoms with E-state index in [1.165, 1.54) is 0 Å². The number of benzene rings is 5. The lowest BCUT2D eigenvalue weighted by Gasteiger charge is -2.49. The summed E-state index contributed by atoms with van der Waals surface area (Å²) in [5.41, 5.74) is 85.2. The molecule has 23 aliphatic rings. The van der Waals surface area contributed by atoms with Gasteiger partial charge >= 0.3 is 0 Å². The number of hydrogen-bond donors (Lipinski definition) is 12. The zero-order valence-corrected chi connectivity index (χ0v) is 41.1. The van der Waals surface area contributed by atoms with Gasteiger partial charge in [-0.2, -0.15) is 0 Å². The number of rotatable bonds is 6. The van der Waals surface area contributed by atoms with Crippen LogP contribution >= 0.6 is 0 Å². The lowest BCUT2D eigenvalue weighted by Crippen LogP contribution is -2.40. The summed E-state index contributed by atoms with van der Waals surface area (Å²) in [5.74, 6) is 0.178. The molecule has 16 heterocycles. The van der Waals surface area contributed by atoms with E-state index in [0.29, 0.717) is 51.5 Å². The minimum Gasteiger partial charge on any atom is -0.489 e. The van der Waals surface area contributed by atoms with Gasteiger partial charge in [0.2, 0.25) is 0 Å². The van der Waals surface area contributed by atoms with Crippen molar-refractivity contribution >= 4 is 41.2 Å².